The number of fused-ring (bicyclic) bond motifs is 7. The van der Waals surface area contributed by atoms with Gasteiger partial charge in [0.2, 0.25) is 0 Å². The van der Waals surface area contributed by atoms with Crippen molar-refractivity contribution < 1.29 is 0 Å². The molecule has 0 aliphatic heterocycles. The van der Waals surface area contributed by atoms with E-state index < -0.39 is 0 Å². The number of benzene rings is 11. The van der Waals surface area contributed by atoms with Crippen LogP contribution in [0.25, 0.3) is 109 Å². The summed E-state index contributed by atoms with van der Waals surface area (Å²) in [6.07, 6.45) is 0. The van der Waals surface area contributed by atoms with Crippen molar-refractivity contribution in [2.45, 2.75) is 0 Å². The van der Waals surface area contributed by atoms with Crippen LogP contribution in [-0.2, 0) is 0 Å². The Hall–Kier alpha value is -7.02. The molecule has 0 saturated carbocycles. The first kappa shape index (κ1) is 30.6. The zero-order valence-electron chi connectivity index (χ0n) is 29.6. The number of rotatable bonds is 4. The number of hydrogen-bond donors (Lipinski definition) is 0. The highest BCUT2D eigenvalue weighted by Gasteiger charge is 2.20. The largest absolute Gasteiger partial charge is 0.0616 e. The third-order valence-electron chi connectivity index (χ3n) is 11.4. The van der Waals surface area contributed by atoms with E-state index >= 15 is 0 Å². The van der Waals surface area contributed by atoms with E-state index in [2.05, 4.69) is 206 Å². The SMILES string of the molecule is c1ccc2c(-c3c4ccccc4c(-c4cc(-c5ccc(-c6cc7ccccc7c7ccccc67)cc5)cc5ccccc45)c4ccccc34)cccc2c1. The molecule has 250 valence electrons. The van der Waals surface area contributed by atoms with E-state index in [1.165, 1.54) is 109 Å². The number of hydrogen-bond acceptors (Lipinski definition) is 0. The summed E-state index contributed by atoms with van der Waals surface area (Å²) in [5.74, 6) is 0. The predicted molar refractivity (Wildman–Crippen MR) is 233 cm³/mol. The lowest BCUT2D eigenvalue weighted by Gasteiger charge is -2.20. The normalized spacial score (nSPS) is 11.7. The topological polar surface area (TPSA) is 0 Å². The van der Waals surface area contributed by atoms with Crippen LogP contribution in [0, 0.1) is 0 Å². The maximum absolute atomic E-state index is 2.43. The van der Waals surface area contributed by atoms with Gasteiger partial charge in [0.15, 0.2) is 0 Å². The molecule has 0 nitrogen and oxygen atoms in total. The molecule has 0 spiro atoms. The van der Waals surface area contributed by atoms with Crippen LogP contribution in [0.4, 0.5) is 0 Å². The lowest BCUT2D eigenvalue weighted by atomic mass is 9.83. The molecule has 0 fully saturated rings. The van der Waals surface area contributed by atoms with Gasteiger partial charge < -0.3 is 0 Å². The van der Waals surface area contributed by atoms with E-state index in [0.29, 0.717) is 0 Å². The highest BCUT2D eigenvalue weighted by atomic mass is 14.2. The third-order valence-corrected chi connectivity index (χ3v) is 11.4. The molecule has 0 bridgehead atoms. The fourth-order valence-corrected chi connectivity index (χ4v) is 8.97. The quantitative estimate of drug-likeness (QED) is 0.128. The van der Waals surface area contributed by atoms with Crippen LogP contribution in [-0.4, -0.2) is 0 Å². The summed E-state index contributed by atoms with van der Waals surface area (Å²) in [5, 5.41) is 15.2. The fourth-order valence-electron chi connectivity index (χ4n) is 8.97. The van der Waals surface area contributed by atoms with E-state index in [-0.39, 0.29) is 0 Å². The lowest BCUT2D eigenvalue weighted by molar-refractivity contribution is 1.62. The summed E-state index contributed by atoms with van der Waals surface area (Å²) >= 11 is 0. The summed E-state index contributed by atoms with van der Waals surface area (Å²) in [6.45, 7) is 0. The van der Waals surface area contributed by atoms with Gasteiger partial charge in [-0.1, -0.05) is 188 Å². The van der Waals surface area contributed by atoms with Gasteiger partial charge in [-0.2, -0.15) is 0 Å². The summed E-state index contributed by atoms with van der Waals surface area (Å²) in [4.78, 5) is 0. The van der Waals surface area contributed by atoms with Crippen LogP contribution < -0.4 is 0 Å². The van der Waals surface area contributed by atoms with Crippen LogP contribution in [0.15, 0.2) is 206 Å². The Morgan fingerprint density at radius 3 is 1.24 bits per heavy atom. The zero-order chi connectivity index (χ0) is 35.6. The van der Waals surface area contributed by atoms with Crippen molar-refractivity contribution in [2.24, 2.45) is 0 Å². The Kier molecular flexibility index (Phi) is 6.97. The van der Waals surface area contributed by atoms with Crippen LogP contribution in [0.1, 0.15) is 0 Å². The van der Waals surface area contributed by atoms with E-state index in [9.17, 15) is 0 Å². The van der Waals surface area contributed by atoms with Crippen LogP contribution in [0.3, 0.4) is 0 Å². The summed E-state index contributed by atoms with van der Waals surface area (Å²) in [6, 6.07) is 76.1. The molecule has 0 radical (unpaired) electrons. The molecule has 0 N–H and O–H groups in total. The van der Waals surface area contributed by atoms with Crippen LogP contribution in [0.2, 0.25) is 0 Å². The van der Waals surface area contributed by atoms with Gasteiger partial charge in [-0.05, 0) is 127 Å². The van der Waals surface area contributed by atoms with Crippen molar-refractivity contribution in [1.82, 2.24) is 0 Å². The van der Waals surface area contributed by atoms with Gasteiger partial charge in [0, 0.05) is 0 Å². The molecule has 0 amide bonds. The molecule has 0 aliphatic rings. The van der Waals surface area contributed by atoms with Crippen LogP contribution >= 0.6 is 0 Å². The fraction of sp³-hybridized carbons (Fsp3) is 0. The van der Waals surface area contributed by atoms with E-state index in [0.717, 1.165) is 0 Å². The van der Waals surface area contributed by atoms with Crippen molar-refractivity contribution in [2.75, 3.05) is 0 Å². The molecule has 0 atom stereocenters. The Bertz CT molecular complexity index is 3190. The highest BCUT2D eigenvalue weighted by Crippen LogP contribution is 2.47. The minimum atomic E-state index is 1.21. The minimum absolute atomic E-state index is 1.21. The first-order valence-electron chi connectivity index (χ1n) is 18.8. The van der Waals surface area contributed by atoms with Crippen molar-refractivity contribution in [3.63, 3.8) is 0 Å². The maximum atomic E-state index is 2.43. The average molecular weight is 683 g/mol. The third kappa shape index (κ3) is 4.78. The molecule has 0 unspecified atom stereocenters. The van der Waals surface area contributed by atoms with E-state index in [1.807, 2.05) is 0 Å². The van der Waals surface area contributed by atoms with Crippen LogP contribution in [0.5, 0.6) is 0 Å². The molecule has 0 heterocycles. The molecule has 0 heteroatoms. The monoisotopic (exact) mass is 682 g/mol. The van der Waals surface area contributed by atoms with Gasteiger partial charge in [-0.15, -0.1) is 0 Å². The smallest absolute Gasteiger partial charge is 0.00199 e. The maximum Gasteiger partial charge on any atom is -0.00199 e. The summed E-state index contributed by atoms with van der Waals surface area (Å²) < 4.78 is 0. The second-order valence-electron chi connectivity index (χ2n) is 14.4. The first-order valence-corrected chi connectivity index (χ1v) is 18.8. The molecule has 0 aromatic heterocycles. The van der Waals surface area contributed by atoms with Crippen molar-refractivity contribution in [3.8, 4) is 44.5 Å². The van der Waals surface area contributed by atoms with Crippen molar-refractivity contribution in [1.29, 1.82) is 0 Å². The molecule has 11 aromatic carbocycles. The van der Waals surface area contributed by atoms with Crippen molar-refractivity contribution in [3.05, 3.63) is 206 Å². The van der Waals surface area contributed by atoms with Gasteiger partial charge in [0.25, 0.3) is 0 Å². The lowest BCUT2D eigenvalue weighted by Crippen LogP contribution is -1.93. The van der Waals surface area contributed by atoms with Gasteiger partial charge in [-0.25, -0.2) is 0 Å². The summed E-state index contributed by atoms with van der Waals surface area (Å²) in [7, 11) is 0. The Labute approximate surface area is 314 Å². The van der Waals surface area contributed by atoms with E-state index in [4.69, 9.17) is 0 Å². The second kappa shape index (κ2) is 12.3. The molecule has 11 rings (SSSR count). The Balaban J connectivity index is 1.13. The molecular weight excluding hydrogens is 649 g/mol. The molecule has 0 aliphatic carbocycles. The second-order valence-corrected chi connectivity index (χ2v) is 14.4. The molecule has 11 aromatic rings. The van der Waals surface area contributed by atoms with Gasteiger partial charge in [0.1, 0.15) is 0 Å². The Morgan fingerprint density at radius 2 is 0.611 bits per heavy atom. The first-order chi connectivity index (χ1) is 26.8. The average Bonchev–Trinajstić information content (AvgIpc) is 3.25. The molecular formula is C54H34. The van der Waals surface area contributed by atoms with E-state index in [1.54, 1.807) is 0 Å². The zero-order valence-corrected chi connectivity index (χ0v) is 29.6. The highest BCUT2D eigenvalue weighted by molar-refractivity contribution is 6.25. The predicted octanol–water partition coefficient (Wildman–Crippen LogP) is 15.3. The minimum Gasteiger partial charge on any atom is -0.0616 e. The Morgan fingerprint density at radius 1 is 0.185 bits per heavy atom. The molecule has 0 saturated heterocycles. The van der Waals surface area contributed by atoms with Gasteiger partial charge in [0.05, 0.1) is 0 Å². The summed E-state index contributed by atoms with van der Waals surface area (Å²) in [5.41, 5.74) is 10.00. The van der Waals surface area contributed by atoms with Gasteiger partial charge >= 0.3 is 0 Å². The molecule has 54 heavy (non-hydrogen) atoms. The van der Waals surface area contributed by atoms with Crippen molar-refractivity contribution >= 4 is 64.6 Å². The van der Waals surface area contributed by atoms with Gasteiger partial charge in [-0.3, -0.25) is 0 Å². The standard InChI is InChI=1S/C54H34/c1-4-18-41-36(14-1)17-13-27-46(41)53-47-23-9-11-25-49(47)54(50-26-12-10-24-48(50)53)52-34-40(32-38-15-2-6-20-43(38)52)35-28-30-37(31-29-35)51-33-39-16-3-5-19-42(39)44-21-7-8-22-45(44)51/h1-34H.